The Balaban J connectivity index is 1.20. The summed E-state index contributed by atoms with van der Waals surface area (Å²) in [4.78, 5) is 54.9. The highest BCUT2D eigenvalue weighted by molar-refractivity contribution is 5.99. The Hall–Kier alpha value is -5.06. The standard InChI is InChI=1S/C30H28N6O5/c1-15-19(16(2)37)5-6-21-20(15)7-8-22(21)34-30(40)25-13-24(33-27-10-11-32-36(25)27)29(39)31-14-18-4-9-26-23(12-18)35-28(38)17(3)41-26/h4-6,9-13,17,22H,7-8,14H2,1-3H3,(H,31,39)(H,34,40)(H,35,38)/t17?,22-/m0/s1. The summed E-state index contributed by atoms with van der Waals surface area (Å²) in [5, 5.41) is 12.9. The number of aromatic nitrogens is 3. The largest absolute Gasteiger partial charge is 0.479 e. The van der Waals surface area contributed by atoms with Crippen molar-refractivity contribution in [3.8, 4) is 5.75 Å². The molecule has 1 aliphatic heterocycles. The van der Waals surface area contributed by atoms with Crippen molar-refractivity contribution in [2.45, 2.75) is 52.3 Å². The van der Waals surface area contributed by atoms with Crippen LogP contribution in [0.4, 0.5) is 5.69 Å². The first kappa shape index (κ1) is 26.2. The van der Waals surface area contributed by atoms with Crippen LogP contribution in [-0.4, -0.2) is 44.2 Å². The van der Waals surface area contributed by atoms with Crippen molar-refractivity contribution in [3.63, 3.8) is 0 Å². The third-order valence-electron chi connectivity index (χ3n) is 7.63. The van der Waals surface area contributed by atoms with Gasteiger partial charge in [0.15, 0.2) is 17.5 Å². The molecule has 0 fully saturated rings. The summed E-state index contributed by atoms with van der Waals surface area (Å²) in [5.74, 6) is -0.507. The zero-order chi connectivity index (χ0) is 28.8. The summed E-state index contributed by atoms with van der Waals surface area (Å²) < 4.78 is 6.98. The maximum Gasteiger partial charge on any atom is 0.270 e. The fourth-order valence-electron chi connectivity index (χ4n) is 5.47. The quantitative estimate of drug-likeness (QED) is 0.311. The summed E-state index contributed by atoms with van der Waals surface area (Å²) in [7, 11) is 0. The molecule has 3 N–H and O–H groups in total. The molecule has 3 amide bonds. The molecule has 11 heteroatoms. The van der Waals surface area contributed by atoms with Crippen molar-refractivity contribution in [1.82, 2.24) is 25.2 Å². The lowest BCUT2D eigenvalue weighted by Gasteiger charge is -2.23. The van der Waals surface area contributed by atoms with Crippen LogP contribution in [0.3, 0.4) is 0 Å². The molecule has 0 saturated carbocycles. The Morgan fingerprint density at radius 1 is 1.12 bits per heavy atom. The van der Waals surface area contributed by atoms with E-state index in [2.05, 4.69) is 26.0 Å². The summed E-state index contributed by atoms with van der Waals surface area (Å²) in [5.41, 5.74) is 5.63. The van der Waals surface area contributed by atoms with Crippen LogP contribution in [0.5, 0.6) is 5.75 Å². The van der Waals surface area contributed by atoms with Crippen LogP contribution in [0.1, 0.15) is 79.9 Å². The van der Waals surface area contributed by atoms with E-state index in [0.717, 1.165) is 28.7 Å². The number of amides is 3. The van der Waals surface area contributed by atoms with E-state index in [4.69, 9.17) is 4.74 Å². The number of hydrogen-bond acceptors (Lipinski definition) is 7. The van der Waals surface area contributed by atoms with E-state index >= 15 is 0 Å². The van der Waals surface area contributed by atoms with Crippen molar-refractivity contribution in [2.24, 2.45) is 0 Å². The lowest BCUT2D eigenvalue weighted by atomic mass is 9.96. The highest BCUT2D eigenvalue weighted by Crippen LogP contribution is 2.35. The first-order valence-electron chi connectivity index (χ1n) is 13.4. The van der Waals surface area contributed by atoms with Crippen LogP contribution >= 0.6 is 0 Å². The topological polar surface area (TPSA) is 144 Å². The van der Waals surface area contributed by atoms with Gasteiger partial charge in [-0.2, -0.15) is 5.10 Å². The molecule has 6 rings (SSSR count). The van der Waals surface area contributed by atoms with Gasteiger partial charge < -0.3 is 20.7 Å². The van der Waals surface area contributed by atoms with E-state index in [1.165, 1.54) is 16.8 Å². The Morgan fingerprint density at radius 2 is 1.95 bits per heavy atom. The second-order valence-electron chi connectivity index (χ2n) is 10.3. The van der Waals surface area contributed by atoms with Crippen LogP contribution < -0.4 is 20.7 Å². The molecule has 2 atom stereocenters. The molecule has 0 radical (unpaired) electrons. The van der Waals surface area contributed by atoms with Gasteiger partial charge in [0.25, 0.3) is 17.7 Å². The van der Waals surface area contributed by atoms with Gasteiger partial charge in [-0.3, -0.25) is 19.2 Å². The minimum Gasteiger partial charge on any atom is -0.479 e. The third kappa shape index (κ3) is 4.79. The van der Waals surface area contributed by atoms with E-state index in [1.807, 2.05) is 19.1 Å². The second kappa shape index (κ2) is 10.2. The van der Waals surface area contributed by atoms with Crippen LogP contribution in [0, 0.1) is 6.92 Å². The molecule has 3 heterocycles. The number of hydrogen-bond donors (Lipinski definition) is 3. The Bertz CT molecular complexity index is 1760. The minimum absolute atomic E-state index is 0.0171. The molecule has 1 aliphatic carbocycles. The molecule has 2 aliphatic rings. The van der Waals surface area contributed by atoms with Gasteiger partial charge in [-0.25, -0.2) is 9.50 Å². The highest BCUT2D eigenvalue weighted by Gasteiger charge is 2.29. The first-order valence-corrected chi connectivity index (χ1v) is 13.4. The number of carbonyl (C=O) groups is 4. The van der Waals surface area contributed by atoms with Gasteiger partial charge in [-0.1, -0.05) is 18.2 Å². The molecular weight excluding hydrogens is 524 g/mol. The van der Waals surface area contributed by atoms with Crippen molar-refractivity contribution < 1.29 is 23.9 Å². The number of fused-ring (bicyclic) bond motifs is 3. The van der Waals surface area contributed by atoms with Crippen LogP contribution in [0.25, 0.3) is 5.65 Å². The number of carbonyl (C=O) groups excluding carboxylic acids is 4. The van der Waals surface area contributed by atoms with Gasteiger partial charge >= 0.3 is 0 Å². The number of nitrogens with zero attached hydrogens (tertiary/aromatic N) is 3. The molecule has 41 heavy (non-hydrogen) atoms. The Labute approximate surface area is 235 Å². The lowest BCUT2D eigenvalue weighted by molar-refractivity contribution is -0.122. The van der Waals surface area contributed by atoms with Gasteiger partial charge in [0.2, 0.25) is 0 Å². The SMILES string of the molecule is CC(=O)c1ccc2c(c1C)CC[C@@H]2NC(=O)c1cc(C(=O)NCc2ccc3c(c2)NC(=O)C(C)O3)nc2ccnn12. The molecular formula is C30H28N6O5. The first-order chi connectivity index (χ1) is 19.7. The number of benzene rings is 2. The van der Waals surface area contributed by atoms with Crippen LogP contribution in [0.15, 0.2) is 48.7 Å². The van der Waals surface area contributed by atoms with Crippen LogP contribution in [-0.2, 0) is 17.8 Å². The molecule has 208 valence electrons. The smallest absolute Gasteiger partial charge is 0.270 e. The maximum absolute atomic E-state index is 13.5. The number of ketones is 1. The molecule has 1 unspecified atom stereocenters. The third-order valence-corrected chi connectivity index (χ3v) is 7.63. The normalized spacial score (nSPS) is 17.3. The highest BCUT2D eigenvalue weighted by atomic mass is 16.5. The second-order valence-corrected chi connectivity index (χ2v) is 10.3. The van der Waals surface area contributed by atoms with Crippen molar-refractivity contribution >= 4 is 34.8 Å². The van der Waals surface area contributed by atoms with Crippen molar-refractivity contribution in [3.05, 3.63) is 87.9 Å². The molecule has 0 bridgehead atoms. The van der Waals surface area contributed by atoms with Crippen molar-refractivity contribution in [1.29, 1.82) is 0 Å². The lowest BCUT2D eigenvalue weighted by Crippen LogP contribution is -2.34. The average molecular weight is 553 g/mol. The van der Waals surface area contributed by atoms with Crippen LogP contribution in [0.2, 0.25) is 0 Å². The number of rotatable bonds is 6. The monoisotopic (exact) mass is 552 g/mol. The maximum atomic E-state index is 13.5. The predicted octanol–water partition coefficient (Wildman–Crippen LogP) is 3.31. The van der Waals surface area contributed by atoms with E-state index < -0.39 is 12.0 Å². The number of nitrogens with one attached hydrogen (secondary N) is 3. The molecule has 2 aromatic heterocycles. The van der Waals surface area contributed by atoms with E-state index in [9.17, 15) is 19.2 Å². The molecule has 0 spiro atoms. The van der Waals surface area contributed by atoms with Crippen molar-refractivity contribution in [2.75, 3.05) is 5.32 Å². The summed E-state index contributed by atoms with van der Waals surface area (Å²) >= 11 is 0. The van der Waals surface area contributed by atoms with Gasteiger partial charge in [0.05, 0.1) is 17.9 Å². The predicted molar refractivity (Wildman–Crippen MR) is 149 cm³/mol. The Morgan fingerprint density at radius 3 is 2.76 bits per heavy atom. The molecule has 4 aromatic rings. The molecule has 2 aromatic carbocycles. The molecule has 11 nitrogen and oxygen atoms in total. The fourth-order valence-corrected chi connectivity index (χ4v) is 5.47. The summed E-state index contributed by atoms with van der Waals surface area (Å²) in [6.07, 6.45) is 2.40. The number of Topliss-reactive ketones (excluding diaryl/α,β-unsaturated/α-hetero) is 1. The average Bonchev–Trinajstić information content (AvgIpc) is 3.59. The fraction of sp³-hybridized carbons (Fsp3) is 0.267. The zero-order valence-electron chi connectivity index (χ0n) is 22.8. The van der Waals surface area contributed by atoms with Gasteiger partial charge in [0, 0.05) is 24.2 Å². The number of ether oxygens (including phenoxy) is 1. The summed E-state index contributed by atoms with van der Waals surface area (Å²) in [6, 6.07) is 11.8. The molecule has 0 saturated heterocycles. The summed E-state index contributed by atoms with van der Waals surface area (Å²) in [6.45, 7) is 5.34. The number of anilines is 1. The Kier molecular flexibility index (Phi) is 6.49. The van der Waals surface area contributed by atoms with Gasteiger partial charge in [0.1, 0.15) is 17.1 Å². The van der Waals surface area contributed by atoms with Gasteiger partial charge in [-0.05, 0) is 68.0 Å². The van der Waals surface area contributed by atoms with E-state index in [-0.39, 0.29) is 41.6 Å². The zero-order valence-corrected chi connectivity index (χ0v) is 22.8. The minimum atomic E-state index is -0.573. The van der Waals surface area contributed by atoms with E-state index in [0.29, 0.717) is 29.1 Å². The van der Waals surface area contributed by atoms with Gasteiger partial charge in [-0.15, -0.1) is 0 Å². The van der Waals surface area contributed by atoms with E-state index in [1.54, 1.807) is 38.1 Å².